The molecule has 122 valence electrons. The van der Waals surface area contributed by atoms with E-state index in [0.29, 0.717) is 11.6 Å². The van der Waals surface area contributed by atoms with Gasteiger partial charge in [-0.3, -0.25) is 4.72 Å². The van der Waals surface area contributed by atoms with Gasteiger partial charge in [0.2, 0.25) is 0 Å². The number of nitrogens with one attached hydrogen (secondary N) is 1. The maximum Gasteiger partial charge on any atom is 0.335 e. The van der Waals surface area contributed by atoms with Gasteiger partial charge in [-0.2, -0.15) is 0 Å². The van der Waals surface area contributed by atoms with Crippen molar-refractivity contribution in [3.63, 3.8) is 0 Å². The molecule has 0 saturated carbocycles. The van der Waals surface area contributed by atoms with Gasteiger partial charge in [0, 0.05) is 5.69 Å². The van der Waals surface area contributed by atoms with E-state index in [9.17, 15) is 13.2 Å². The Morgan fingerprint density at radius 1 is 1.09 bits per heavy atom. The molecule has 0 amide bonds. The number of hydrogen-bond donors (Lipinski definition) is 2. The smallest absolute Gasteiger partial charge is 0.335 e. The van der Waals surface area contributed by atoms with E-state index in [1.165, 1.54) is 24.3 Å². The van der Waals surface area contributed by atoms with Crippen LogP contribution in [0.2, 0.25) is 0 Å². The highest BCUT2D eigenvalue weighted by Crippen LogP contribution is 2.22. The number of benzene rings is 2. The Hall–Kier alpha value is -2.34. The molecular formula is C17H19NO4S. The second kappa shape index (κ2) is 6.83. The average Bonchev–Trinajstić information content (AvgIpc) is 2.54. The van der Waals surface area contributed by atoms with E-state index in [-0.39, 0.29) is 10.5 Å². The van der Waals surface area contributed by atoms with Crippen molar-refractivity contribution < 1.29 is 18.3 Å². The highest BCUT2D eigenvalue weighted by Gasteiger charge is 2.15. The molecule has 0 aliphatic heterocycles. The van der Waals surface area contributed by atoms with Gasteiger partial charge in [-0.1, -0.05) is 26.0 Å². The van der Waals surface area contributed by atoms with Crippen LogP contribution in [0.25, 0.3) is 0 Å². The lowest BCUT2D eigenvalue weighted by atomic mass is 9.99. The number of aromatic carboxylic acids is 1. The molecule has 2 N–H and O–H groups in total. The summed E-state index contributed by atoms with van der Waals surface area (Å²) in [6, 6.07) is 12.3. The summed E-state index contributed by atoms with van der Waals surface area (Å²) in [5, 5.41) is 8.84. The molecule has 0 aromatic heterocycles. The predicted octanol–water partition coefficient (Wildman–Crippen LogP) is 3.70. The summed E-state index contributed by atoms with van der Waals surface area (Å²) in [5.41, 5.74) is 1.52. The maximum atomic E-state index is 12.3. The molecule has 0 saturated heterocycles. The lowest BCUT2D eigenvalue weighted by molar-refractivity contribution is 0.0697. The predicted molar refractivity (Wildman–Crippen MR) is 89.4 cm³/mol. The van der Waals surface area contributed by atoms with Gasteiger partial charge in [0.05, 0.1) is 10.5 Å². The topological polar surface area (TPSA) is 83.5 Å². The van der Waals surface area contributed by atoms with Crippen molar-refractivity contribution in [1.29, 1.82) is 0 Å². The largest absolute Gasteiger partial charge is 0.478 e. The molecule has 2 aromatic carbocycles. The number of carboxylic acids is 1. The van der Waals surface area contributed by atoms with Crippen LogP contribution in [0.1, 0.15) is 42.1 Å². The van der Waals surface area contributed by atoms with Crippen molar-refractivity contribution in [2.75, 3.05) is 4.72 Å². The van der Waals surface area contributed by atoms with Crippen LogP contribution in [-0.2, 0) is 10.0 Å². The first-order valence-electron chi connectivity index (χ1n) is 7.29. The molecular weight excluding hydrogens is 314 g/mol. The zero-order chi connectivity index (χ0) is 17.0. The molecule has 5 nitrogen and oxygen atoms in total. The molecule has 1 atom stereocenters. The molecule has 0 unspecified atom stereocenters. The maximum absolute atomic E-state index is 12.3. The van der Waals surface area contributed by atoms with Crippen LogP contribution < -0.4 is 4.72 Å². The van der Waals surface area contributed by atoms with E-state index >= 15 is 0 Å². The standard InChI is InChI=1S/C17H19NO4S/c1-3-12(2)13-6-10-16(11-7-13)23(21,22)18-15-8-4-14(5-9-15)17(19)20/h4-12,18H,3H2,1-2H3,(H,19,20)/t12-/m1/s1. The normalized spacial score (nSPS) is 12.6. The van der Waals surface area contributed by atoms with Crippen LogP contribution in [0.15, 0.2) is 53.4 Å². The van der Waals surface area contributed by atoms with Crippen LogP contribution in [0.4, 0.5) is 5.69 Å². The summed E-state index contributed by atoms with van der Waals surface area (Å²) in [5.74, 6) is -0.677. The highest BCUT2D eigenvalue weighted by atomic mass is 32.2. The lowest BCUT2D eigenvalue weighted by Crippen LogP contribution is -2.13. The van der Waals surface area contributed by atoms with Crippen molar-refractivity contribution in [2.24, 2.45) is 0 Å². The lowest BCUT2D eigenvalue weighted by Gasteiger charge is -2.11. The Kier molecular flexibility index (Phi) is 5.05. The summed E-state index contributed by atoms with van der Waals surface area (Å²) in [6.07, 6.45) is 0.986. The second-order valence-electron chi connectivity index (χ2n) is 5.37. The van der Waals surface area contributed by atoms with Crippen molar-refractivity contribution in [1.82, 2.24) is 0 Å². The number of carbonyl (C=O) groups is 1. The molecule has 0 aliphatic carbocycles. The van der Waals surface area contributed by atoms with Crippen LogP contribution in [0.3, 0.4) is 0 Å². The third kappa shape index (κ3) is 4.10. The van der Waals surface area contributed by atoms with Gasteiger partial charge in [0.25, 0.3) is 10.0 Å². The van der Waals surface area contributed by atoms with Crippen molar-refractivity contribution >= 4 is 21.7 Å². The first-order valence-corrected chi connectivity index (χ1v) is 8.78. The van der Waals surface area contributed by atoms with Gasteiger partial charge in [-0.05, 0) is 54.3 Å². The number of rotatable bonds is 6. The molecule has 0 heterocycles. The van der Waals surface area contributed by atoms with Gasteiger partial charge >= 0.3 is 5.97 Å². The molecule has 0 spiro atoms. The highest BCUT2D eigenvalue weighted by molar-refractivity contribution is 7.92. The minimum Gasteiger partial charge on any atom is -0.478 e. The molecule has 6 heteroatoms. The number of carboxylic acid groups (broad SMARTS) is 1. The van der Waals surface area contributed by atoms with Gasteiger partial charge in [-0.15, -0.1) is 0 Å². The van der Waals surface area contributed by atoms with E-state index in [4.69, 9.17) is 5.11 Å². The molecule has 0 bridgehead atoms. The SMILES string of the molecule is CC[C@@H](C)c1ccc(S(=O)(=O)Nc2ccc(C(=O)O)cc2)cc1. The van der Waals surface area contributed by atoms with Crippen molar-refractivity contribution in [3.05, 3.63) is 59.7 Å². The Bertz CT molecular complexity index is 780. The van der Waals surface area contributed by atoms with E-state index in [1.807, 2.05) is 12.1 Å². The zero-order valence-corrected chi connectivity index (χ0v) is 13.8. The third-order valence-electron chi connectivity index (χ3n) is 3.76. The van der Waals surface area contributed by atoms with Gasteiger partial charge in [0.1, 0.15) is 0 Å². The Morgan fingerprint density at radius 2 is 1.65 bits per heavy atom. The summed E-state index contributed by atoms with van der Waals surface area (Å²) < 4.78 is 27.1. The third-order valence-corrected chi connectivity index (χ3v) is 5.15. The summed E-state index contributed by atoms with van der Waals surface area (Å²) in [7, 11) is -3.69. The van der Waals surface area contributed by atoms with Crippen LogP contribution in [-0.4, -0.2) is 19.5 Å². The average molecular weight is 333 g/mol. The molecule has 2 rings (SSSR count). The quantitative estimate of drug-likeness (QED) is 0.844. The Balaban J connectivity index is 2.19. The zero-order valence-electron chi connectivity index (χ0n) is 13.0. The van der Waals surface area contributed by atoms with Gasteiger partial charge < -0.3 is 5.11 Å². The first-order chi connectivity index (χ1) is 10.8. The number of hydrogen-bond acceptors (Lipinski definition) is 3. The minimum absolute atomic E-state index is 0.103. The summed E-state index contributed by atoms with van der Waals surface area (Å²) >= 11 is 0. The van der Waals surface area contributed by atoms with Gasteiger partial charge in [-0.25, -0.2) is 13.2 Å². The van der Waals surface area contributed by atoms with Crippen LogP contribution in [0.5, 0.6) is 0 Å². The van der Waals surface area contributed by atoms with E-state index < -0.39 is 16.0 Å². The Morgan fingerprint density at radius 3 is 2.13 bits per heavy atom. The molecule has 0 aliphatic rings. The Labute approximate surface area is 136 Å². The minimum atomic E-state index is -3.69. The fourth-order valence-electron chi connectivity index (χ4n) is 2.11. The van der Waals surface area contributed by atoms with E-state index in [2.05, 4.69) is 18.6 Å². The van der Waals surface area contributed by atoms with Crippen LogP contribution in [0, 0.1) is 0 Å². The van der Waals surface area contributed by atoms with Crippen LogP contribution >= 0.6 is 0 Å². The number of sulfonamides is 1. The van der Waals surface area contributed by atoms with Gasteiger partial charge in [0.15, 0.2) is 0 Å². The molecule has 0 fully saturated rings. The molecule has 0 radical (unpaired) electrons. The van der Waals surface area contributed by atoms with E-state index in [1.54, 1.807) is 12.1 Å². The monoisotopic (exact) mass is 333 g/mol. The summed E-state index contributed by atoms with van der Waals surface area (Å²) in [4.78, 5) is 11.0. The molecule has 23 heavy (non-hydrogen) atoms. The fraction of sp³-hybridized carbons (Fsp3) is 0.235. The number of anilines is 1. The van der Waals surface area contributed by atoms with E-state index in [0.717, 1.165) is 12.0 Å². The summed E-state index contributed by atoms with van der Waals surface area (Å²) in [6.45, 7) is 4.17. The first kappa shape index (κ1) is 17.0. The van der Waals surface area contributed by atoms with Crippen molar-refractivity contribution in [3.8, 4) is 0 Å². The van der Waals surface area contributed by atoms with Crippen molar-refractivity contribution in [2.45, 2.75) is 31.1 Å². The fourth-order valence-corrected chi connectivity index (χ4v) is 3.16. The molecule has 2 aromatic rings. The second-order valence-corrected chi connectivity index (χ2v) is 7.05.